The van der Waals surface area contributed by atoms with Crippen LogP contribution in [0.15, 0.2) is 22.2 Å². The minimum atomic E-state index is -4.92. The number of nitrogens with zero attached hydrogens (tertiary/aromatic N) is 6. The van der Waals surface area contributed by atoms with Crippen LogP contribution in [0.5, 0.6) is 0 Å². The molecule has 43 heavy (non-hydrogen) atoms. The van der Waals surface area contributed by atoms with Crippen LogP contribution >= 0.6 is 27.0 Å². The fourth-order valence-electron chi connectivity index (χ4n) is 5.10. The van der Waals surface area contributed by atoms with Gasteiger partial charge in [0.15, 0.2) is 29.3 Å². The van der Waals surface area contributed by atoms with Crippen molar-refractivity contribution >= 4 is 60.3 Å². The van der Waals surface area contributed by atoms with E-state index in [0.717, 1.165) is 24.0 Å². The molecule has 24 heteroatoms. The zero-order chi connectivity index (χ0) is 30.3. The lowest BCUT2D eigenvalue weighted by atomic mass is 10.2. The van der Waals surface area contributed by atoms with E-state index in [1.165, 1.54) is 9.13 Å². The van der Waals surface area contributed by atoms with Gasteiger partial charge in [-0.25, -0.2) is 24.1 Å². The van der Waals surface area contributed by atoms with Crippen molar-refractivity contribution in [3.05, 3.63) is 32.7 Å². The van der Waals surface area contributed by atoms with E-state index in [1.807, 2.05) is 0 Å². The maximum atomic E-state index is 13.1. The second-order valence-corrected chi connectivity index (χ2v) is 13.3. The van der Waals surface area contributed by atoms with E-state index in [0.29, 0.717) is 4.70 Å². The number of rotatable bonds is 2. The minimum absolute atomic E-state index is 0.0564. The number of anilines is 2. The van der Waals surface area contributed by atoms with Gasteiger partial charge in [-0.2, -0.15) is 4.98 Å². The number of aromatic nitrogens is 7. The summed E-state index contributed by atoms with van der Waals surface area (Å²) >= 11 is 0.773. The van der Waals surface area contributed by atoms with Gasteiger partial charge in [0.2, 0.25) is 5.95 Å². The Bertz CT molecular complexity index is 1960. The van der Waals surface area contributed by atoms with Gasteiger partial charge in [-0.1, -0.05) is 11.3 Å². The summed E-state index contributed by atoms with van der Waals surface area (Å²) in [5, 5.41) is 0. The van der Waals surface area contributed by atoms with Crippen LogP contribution in [0.2, 0.25) is 0 Å². The summed E-state index contributed by atoms with van der Waals surface area (Å²) in [5.41, 5.74) is 10.8. The molecule has 230 valence electrons. The summed E-state index contributed by atoms with van der Waals surface area (Å²) in [7, 11) is -9.79. The molecule has 7 heterocycles. The van der Waals surface area contributed by atoms with Crippen LogP contribution in [0, 0.1) is 0 Å². The fourth-order valence-corrected chi connectivity index (χ4v) is 7.95. The molecular formula is C19H21N9O12P2S. The third-order valence-corrected chi connectivity index (χ3v) is 9.86. The predicted octanol–water partition coefficient (Wildman–Crippen LogP) is -0.299. The van der Waals surface area contributed by atoms with Gasteiger partial charge in [0.05, 0.1) is 12.9 Å². The van der Waals surface area contributed by atoms with Gasteiger partial charge in [0.1, 0.15) is 41.4 Å². The van der Waals surface area contributed by atoms with Gasteiger partial charge < -0.3 is 30.7 Å². The molecule has 0 spiro atoms. The van der Waals surface area contributed by atoms with Crippen molar-refractivity contribution in [2.75, 3.05) is 18.1 Å². The number of imidazole rings is 1. The van der Waals surface area contributed by atoms with E-state index < -0.39 is 69.7 Å². The van der Waals surface area contributed by atoms with Crippen molar-refractivity contribution in [3.63, 3.8) is 0 Å². The van der Waals surface area contributed by atoms with Gasteiger partial charge >= 0.3 is 20.5 Å². The van der Waals surface area contributed by atoms with Crippen molar-refractivity contribution in [2.45, 2.75) is 49.9 Å². The Morgan fingerprint density at radius 2 is 1.77 bits per heavy atom. The van der Waals surface area contributed by atoms with Crippen molar-refractivity contribution in [2.24, 2.45) is 0 Å². The summed E-state index contributed by atoms with van der Waals surface area (Å²) in [6.45, 7) is -0.661. The van der Waals surface area contributed by atoms with Crippen LogP contribution in [0.4, 0.5) is 11.8 Å². The Morgan fingerprint density at radius 1 is 0.977 bits per heavy atom. The van der Waals surface area contributed by atoms with Crippen LogP contribution in [-0.4, -0.2) is 75.0 Å². The molecule has 0 radical (unpaired) electrons. The van der Waals surface area contributed by atoms with Crippen LogP contribution in [0.25, 0.3) is 21.5 Å². The zero-order valence-corrected chi connectivity index (χ0v) is 24.0. The van der Waals surface area contributed by atoms with Crippen LogP contribution in [0.3, 0.4) is 0 Å². The predicted molar refractivity (Wildman–Crippen MR) is 142 cm³/mol. The Balaban J connectivity index is 1.19. The molecule has 7 rings (SSSR count). The minimum Gasteiger partial charge on any atom is -0.382 e. The van der Waals surface area contributed by atoms with Crippen molar-refractivity contribution < 1.29 is 46.5 Å². The maximum Gasteiger partial charge on any atom is 0.474 e. The average Bonchev–Trinajstić information content (AvgIpc) is 3.66. The molecule has 21 nitrogen and oxygen atoms in total. The second-order valence-electron chi connectivity index (χ2n) is 9.61. The van der Waals surface area contributed by atoms with E-state index in [9.17, 15) is 28.5 Å². The standard InChI is InChI=1S/C19H21N9O12P2S/c20-13-12-15(23-4-22-13)28(19(30)43-12)9-1-6-8(36-9)3-35-41(31,32)39-7-2-10(40-42(33,34)38-6)37-17(7)27-5-24-11-14(27)25-18(21)26-16(11)29/h4-10,17H,1-3H2,(H,31,32)(H,33,34)(H2,20,22,23)(H3,21,25,26,29)/t6-,7-,8+,9+,10+,17+/m0/s1. The van der Waals surface area contributed by atoms with Crippen LogP contribution < -0.4 is 21.9 Å². The third-order valence-electron chi connectivity index (χ3n) is 6.84. The topological polar surface area (TPSA) is 293 Å². The summed E-state index contributed by atoms with van der Waals surface area (Å²) in [6.07, 6.45) is -6.02. The number of ether oxygens (including phenoxy) is 2. The highest BCUT2D eigenvalue weighted by Crippen LogP contribution is 2.55. The molecule has 0 saturated carbocycles. The van der Waals surface area contributed by atoms with E-state index in [4.69, 9.17) is 39.0 Å². The molecule has 3 aliphatic rings. The first-order valence-electron chi connectivity index (χ1n) is 12.4. The lowest BCUT2D eigenvalue weighted by molar-refractivity contribution is -0.118. The Labute approximate surface area is 241 Å². The summed E-state index contributed by atoms with van der Waals surface area (Å²) < 4.78 is 61.8. The molecule has 0 aromatic carbocycles. The highest BCUT2D eigenvalue weighted by Gasteiger charge is 2.50. The Kier molecular flexibility index (Phi) is 6.80. The molecule has 3 saturated heterocycles. The van der Waals surface area contributed by atoms with Gasteiger partial charge in [-0.05, 0) is 0 Å². The summed E-state index contributed by atoms with van der Waals surface area (Å²) in [6, 6.07) is 0. The van der Waals surface area contributed by atoms with Gasteiger partial charge in [-0.15, -0.1) is 0 Å². The highest BCUT2D eigenvalue weighted by molar-refractivity contribution is 7.47. The van der Waals surface area contributed by atoms with E-state index in [2.05, 4.69) is 24.9 Å². The maximum absolute atomic E-state index is 13.1. The molecule has 4 aromatic rings. The molecule has 8 atom stereocenters. The zero-order valence-electron chi connectivity index (χ0n) is 21.4. The first-order valence-corrected chi connectivity index (χ1v) is 16.2. The number of fused-ring (bicyclic) bond motifs is 5. The molecule has 0 amide bonds. The Hall–Kier alpha value is -3.14. The molecule has 4 aromatic heterocycles. The number of thiazole rings is 1. The molecule has 3 fully saturated rings. The lowest BCUT2D eigenvalue weighted by Crippen LogP contribution is -2.30. The lowest BCUT2D eigenvalue weighted by Gasteiger charge is -2.25. The van der Waals surface area contributed by atoms with Crippen molar-refractivity contribution in [3.8, 4) is 0 Å². The van der Waals surface area contributed by atoms with Gasteiger partial charge in [0.25, 0.3) is 5.56 Å². The highest BCUT2D eigenvalue weighted by atomic mass is 32.1. The largest absolute Gasteiger partial charge is 0.474 e. The SMILES string of the molecule is Nc1nc2c(ncn2[C@@H]2O[C@H]3C[C@@H]2OP(=O)(O)OC[C@H]2O[C@@H](n4c(=O)sc5c(N)ncnc54)C[C@@H]2OP(=O)(O)O3)c(=O)[nH]1. The first kappa shape index (κ1) is 28.6. The van der Waals surface area contributed by atoms with E-state index in [1.54, 1.807) is 0 Å². The summed E-state index contributed by atoms with van der Waals surface area (Å²) in [5.74, 6) is -0.166. The molecule has 3 aliphatic heterocycles. The number of H-pyrrole nitrogens is 1. The number of nitrogens with one attached hydrogen (secondary N) is 1. The molecular weight excluding hydrogens is 640 g/mol. The van der Waals surface area contributed by atoms with E-state index in [-0.39, 0.29) is 41.4 Å². The van der Waals surface area contributed by atoms with E-state index >= 15 is 0 Å². The fraction of sp³-hybridized carbons (Fsp3) is 0.474. The number of hydrogen-bond acceptors (Lipinski definition) is 17. The quantitative estimate of drug-likeness (QED) is 0.172. The molecule has 2 bridgehead atoms. The smallest absolute Gasteiger partial charge is 0.382 e. The molecule has 2 unspecified atom stereocenters. The first-order chi connectivity index (χ1) is 20.4. The number of hydrogen-bond donors (Lipinski definition) is 5. The van der Waals surface area contributed by atoms with Gasteiger partial charge in [-0.3, -0.25) is 41.8 Å². The van der Waals surface area contributed by atoms with Crippen LogP contribution in [0.1, 0.15) is 25.3 Å². The Morgan fingerprint density at radius 3 is 2.58 bits per heavy atom. The summed E-state index contributed by atoms with van der Waals surface area (Å²) in [4.78, 5) is 64.0. The number of phosphoric acid groups is 2. The number of aromatic amines is 1. The number of nitrogen functional groups attached to an aromatic ring is 2. The average molecular weight is 661 g/mol. The monoisotopic (exact) mass is 661 g/mol. The third kappa shape index (κ3) is 5.19. The van der Waals surface area contributed by atoms with Crippen molar-refractivity contribution in [1.82, 2.24) is 34.1 Å². The van der Waals surface area contributed by atoms with Gasteiger partial charge in [0, 0.05) is 12.8 Å². The number of nitrogens with two attached hydrogens (primary N) is 2. The molecule has 0 aliphatic carbocycles. The molecule has 7 N–H and O–H groups in total. The second kappa shape index (κ2) is 10.2. The van der Waals surface area contributed by atoms with Crippen LogP contribution in [-0.2, 0) is 36.7 Å². The number of phosphoric ester groups is 2. The normalized spacial score (nSPS) is 35.1. The van der Waals surface area contributed by atoms with Crippen molar-refractivity contribution in [1.29, 1.82) is 0 Å².